The number of rotatable bonds is 6. The molecule has 7 heteroatoms. The van der Waals surface area contributed by atoms with Gasteiger partial charge >= 0.3 is 0 Å². The summed E-state index contributed by atoms with van der Waals surface area (Å²) >= 11 is 7.16. The average Bonchev–Trinajstić information content (AvgIpc) is 2.84. The fourth-order valence-corrected chi connectivity index (χ4v) is 3.20. The third-order valence-corrected chi connectivity index (χ3v) is 4.75. The van der Waals surface area contributed by atoms with Gasteiger partial charge in [-0.05, 0) is 48.9 Å². The maximum atomic E-state index is 12.2. The van der Waals surface area contributed by atoms with E-state index in [0.29, 0.717) is 22.1 Å². The van der Waals surface area contributed by atoms with Gasteiger partial charge in [0.2, 0.25) is 0 Å². The Morgan fingerprint density at radius 1 is 1.44 bits per heavy atom. The molecule has 2 rings (SSSR count). The van der Waals surface area contributed by atoms with Crippen molar-refractivity contribution in [3.63, 3.8) is 0 Å². The molecule has 1 saturated heterocycles. The summed E-state index contributed by atoms with van der Waals surface area (Å²) in [5.41, 5.74) is 0.629. The highest BCUT2D eigenvalue weighted by Crippen LogP contribution is 2.39. The molecule has 0 unspecified atom stereocenters. The molecule has 0 aromatic heterocycles. The number of thioether (sulfide) groups is 1. The standard InChI is InChI=1S/C18H18ClNO4S/c1-5-7-20-17(21)15(25-18(20)22)10-12-8-13(19)16(14(9-12)23-4)24-11(3)6-2/h1,8-11H,6-7H2,2-4H3/b15-10+/t11-/m1/s1. The predicted octanol–water partition coefficient (Wildman–Crippen LogP) is 4.20. The SMILES string of the molecule is C#CCN1C(=O)S/C(=C/c2cc(Cl)c(O[C@H](C)CC)c(OC)c2)C1=O. The van der Waals surface area contributed by atoms with Crippen LogP contribution in [-0.4, -0.2) is 35.8 Å². The van der Waals surface area contributed by atoms with E-state index < -0.39 is 5.91 Å². The lowest BCUT2D eigenvalue weighted by molar-refractivity contribution is -0.122. The van der Waals surface area contributed by atoms with Crippen LogP contribution >= 0.6 is 23.4 Å². The van der Waals surface area contributed by atoms with Gasteiger partial charge in [-0.25, -0.2) is 0 Å². The minimum absolute atomic E-state index is 0.0162. The van der Waals surface area contributed by atoms with Gasteiger partial charge in [0.25, 0.3) is 11.1 Å². The second-order valence-electron chi connectivity index (χ2n) is 5.34. The molecule has 1 aliphatic rings. The molecule has 1 heterocycles. The molecule has 5 nitrogen and oxygen atoms in total. The number of carbonyl (C=O) groups is 2. The number of imide groups is 1. The lowest BCUT2D eigenvalue weighted by Gasteiger charge is -2.17. The van der Waals surface area contributed by atoms with Crippen molar-refractivity contribution in [2.75, 3.05) is 13.7 Å². The quantitative estimate of drug-likeness (QED) is 0.547. The molecule has 0 aliphatic carbocycles. The van der Waals surface area contributed by atoms with E-state index >= 15 is 0 Å². The van der Waals surface area contributed by atoms with Crippen LogP contribution in [0.3, 0.4) is 0 Å². The van der Waals surface area contributed by atoms with E-state index in [1.165, 1.54) is 7.11 Å². The first-order chi connectivity index (χ1) is 11.9. The van der Waals surface area contributed by atoms with Crippen molar-refractivity contribution in [2.24, 2.45) is 0 Å². The van der Waals surface area contributed by atoms with Crippen LogP contribution in [-0.2, 0) is 4.79 Å². The molecule has 1 aliphatic heterocycles. The predicted molar refractivity (Wildman–Crippen MR) is 99.9 cm³/mol. The first kappa shape index (κ1) is 19.2. The van der Waals surface area contributed by atoms with Crippen LogP contribution in [0.1, 0.15) is 25.8 Å². The first-order valence-corrected chi connectivity index (χ1v) is 8.83. The smallest absolute Gasteiger partial charge is 0.294 e. The molecule has 1 atom stereocenters. The van der Waals surface area contributed by atoms with E-state index in [1.54, 1.807) is 18.2 Å². The van der Waals surface area contributed by atoms with Crippen LogP contribution in [0, 0.1) is 12.3 Å². The van der Waals surface area contributed by atoms with E-state index in [-0.39, 0.29) is 22.8 Å². The summed E-state index contributed by atoms with van der Waals surface area (Å²) in [6.45, 7) is 3.89. The molecule has 2 amide bonds. The topological polar surface area (TPSA) is 55.8 Å². The first-order valence-electron chi connectivity index (χ1n) is 7.64. The van der Waals surface area contributed by atoms with Gasteiger partial charge < -0.3 is 9.47 Å². The number of terminal acetylenes is 1. The van der Waals surface area contributed by atoms with Crippen LogP contribution < -0.4 is 9.47 Å². The molecule has 0 N–H and O–H groups in total. The highest BCUT2D eigenvalue weighted by atomic mass is 35.5. The van der Waals surface area contributed by atoms with Gasteiger partial charge in [-0.1, -0.05) is 24.4 Å². The third-order valence-electron chi connectivity index (χ3n) is 3.57. The van der Waals surface area contributed by atoms with Gasteiger partial charge in [0.1, 0.15) is 0 Å². The Balaban J connectivity index is 2.35. The fraction of sp³-hybridized carbons (Fsp3) is 0.333. The molecular formula is C18H18ClNO4S. The van der Waals surface area contributed by atoms with Gasteiger partial charge in [-0.15, -0.1) is 6.42 Å². The molecule has 0 bridgehead atoms. The lowest BCUT2D eigenvalue weighted by Crippen LogP contribution is -2.28. The van der Waals surface area contributed by atoms with Crippen molar-refractivity contribution in [1.82, 2.24) is 4.90 Å². The van der Waals surface area contributed by atoms with Crippen molar-refractivity contribution in [1.29, 1.82) is 0 Å². The van der Waals surface area contributed by atoms with Gasteiger partial charge in [-0.3, -0.25) is 14.5 Å². The summed E-state index contributed by atoms with van der Waals surface area (Å²) in [7, 11) is 1.51. The van der Waals surface area contributed by atoms with Gasteiger partial charge in [0, 0.05) is 0 Å². The summed E-state index contributed by atoms with van der Waals surface area (Å²) in [5, 5.41) is -0.0160. The second-order valence-corrected chi connectivity index (χ2v) is 6.74. The van der Waals surface area contributed by atoms with Crippen molar-refractivity contribution in [2.45, 2.75) is 26.4 Å². The van der Waals surface area contributed by atoms with Crippen molar-refractivity contribution in [3.05, 3.63) is 27.6 Å². The number of ether oxygens (including phenoxy) is 2. The van der Waals surface area contributed by atoms with Crippen molar-refractivity contribution in [3.8, 4) is 23.8 Å². The van der Waals surface area contributed by atoms with Crippen LogP contribution in [0.5, 0.6) is 11.5 Å². The Labute approximate surface area is 156 Å². The Morgan fingerprint density at radius 2 is 2.16 bits per heavy atom. The van der Waals surface area contributed by atoms with Gasteiger partial charge in [-0.2, -0.15) is 0 Å². The van der Waals surface area contributed by atoms with E-state index in [9.17, 15) is 9.59 Å². The Kier molecular flexibility index (Phi) is 6.40. The highest BCUT2D eigenvalue weighted by molar-refractivity contribution is 8.18. The minimum atomic E-state index is -0.414. The maximum absolute atomic E-state index is 12.2. The molecule has 0 radical (unpaired) electrons. The van der Waals surface area contributed by atoms with Crippen molar-refractivity contribution >= 4 is 40.6 Å². The maximum Gasteiger partial charge on any atom is 0.294 e. The third kappa shape index (κ3) is 4.30. The van der Waals surface area contributed by atoms with Crippen LogP contribution in [0.2, 0.25) is 5.02 Å². The summed E-state index contributed by atoms with van der Waals surface area (Å²) in [6.07, 6.45) is 7.58. The zero-order chi connectivity index (χ0) is 18.6. The number of carbonyl (C=O) groups excluding carboxylic acids is 2. The van der Waals surface area contributed by atoms with E-state index in [4.69, 9.17) is 27.5 Å². The number of halogens is 1. The number of nitrogens with zero attached hydrogens (tertiary/aromatic N) is 1. The molecule has 1 fully saturated rings. The molecular weight excluding hydrogens is 362 g/mol. The summed E-state index contributed by atoms with van der Waals surface area (Å²) in [4.78, 5) is 25.4. The fourth-order valence-electron chi connectivity index (χ4n) is 2.10. The van der Waals surface area contributed by atoms with Crippen LogP contribution in [0.4, 0.5) is 4.79 Å². The summed E-state index contributed by atoms with van der Waals surface area (Å²) < 4.78 is 11.1. The number of hydrogen-bond acceptors (Lipinski definition) is 5. The molecule has 25 heavy (non-hydrogen) atoms. The molecule has 1 aromatic carbocycles. The molecule has 132 valence electrons. The largest absolute Gasteiger partial charge is 0.493 e. The lowest BCUT2D eigenvalue weighted by atomic mass is 10.1. The van der Waals surface area contributed by atoms with E-state index in [2.05, 4.69) is 5.92 Å². The monoisotopic (exact) mass is 379 g/mol. The average molecular weight is 380 g/mol. The highest BCUT2D eigenvalue weighted by Gasteiger charge is 2.34. The van der Waals surface area contributed by atoms with Gasteiger partial charge in [0.05, 0.1) is 29.7 Å². The van der Waals surface area contributed by atoms with E-state index in [0.717, 1.165) is 23.1 Å². The van der Waals surface area contributed by atoms with Crippen molar-refractivity contribution < 1.29 is 19.1 Å². The Morgan fingerprint density at radius 3 is 2.76 bits per heavy atom. The Bertz CT molecular complexity index is 769. The number of benzene rings is 1. The van der Waals surface area contributed by atoms with Crippen LogP contribution in [0.25, 0.3) is 6.08 Å². The number of amides is 2. The second kappa shape index (κ2) is 8.32. The van der Waals surface area contributed by atoms with Crippen LogP contribution in [0.15, 0.2) is 17.0 Å². The molecule has 0 spiro atoms. The minimum Gasteiger partial charge on any atom is -0.493 e. The van der Waals surface area contributed by atoms with Gasteiger partial charge in [0.15, 0.2) is 11.5 Å². The molecule has 0 saturated carbocycles. The number of hydrogen-bond donors (Lipinski definition) is 0. The normalized spacial score (nSPS) is 16.9. The summed E-state index contributed by atoms with van der Waals surface area (Å²) in [6, 6.07) is 3.37. The zero-order valence-electron chi connectivity index (χ0n) is 14.2. The summed E-state index contributed by atoms with van der Waals surface area (Å²) in [5.74, 6) is 2.80. The molecule has 1 aromatic rings. The van der Waals surface area contributed by atoms with E-state index in [1.807, 2.05) is 13.8 Å². The Hall–Kier alpha value is -2.10. The number of methoxy groups -OCH3 is 1. The zero-order valence-corrected chi connectivity index (χ0v) is 15.7.